The minimum absolute atomic E-state index is 0.0693. The van der Waals surface area contributed by atoms with E-state index >= 15 is 0 Å². The van der Waals surface area contributed by atoms with Crippen LogP contribution in [-0.2, 0) is 4.79 Å². The van der Waals surface area contributed by atoms with Crippen molar-refractivity contribution in [2.75, 3.05) is 23.3 Å². The van der Waals surface area contributed by atoms with Gasteiger partial charge < -0.3 is 10.2 Å². The Morgan fingerprint density at radius 3 is 2.28 bits per heavy atom. The second kappa shape index (κ2) is 11.1. The van der Waals surface area contributed by atoms with Crippen molar-refractivity contribution < 1.29 is 14.4 Å². The largest absolute Gasteiger partial charge is 0.372 e. The number of amides is 1. The van der Waals surface area contributed by atoms with Gasteiger partial charge in [-0.1, -0.05) is 31.9 Å². The number of hydrogen-bond donors (Lipinski definition) is 1. The molecule has 1 aromatic heterocycles. The minimum atomic E-state index is -0.257. The Morgan fingerprint density at radius 2 is 1.67 bits per heavy atom. The lowest BCUT2D eigenvalue weighted by Crippen LogP contribution is -2.22. The van der Waals surface area contributed by atoms with Crippen LogP contribution in [0.5, 0.6) is 0 Å². The van der Waals surface area contributed by atoms with E-state index < -0.39 is 0 Å². The molecule has 1 aliphatic rings. The number of benzene rings is 2. The molecule has 0 aliphatic heterocycles. The zero-order valence-electron chi connectivity index (χ0n) is 21.9. The number of carbonyl (C=O) groups is 3. The maximum Gasteiger partial charge on any atom is 0.234 e. The topological polar surface area (TPSA) is 71.4 Å². The maximum atomic E-state index is 14.0. The highest BCUT2D eigenvalue weighted by Gasteiger charge is 2.36. The number of nitrogens with zero attached hydrogens (tertiary/aromatic N) is 2. The molecule has 1 heterocycles. The second-order valence-electron chi connectivity index (χ2n) is 9.75. The van der Waals surface area contributed by atoms with E-state index in [4.69, 9.17) is 0 Å². The molecule has 190 valence electrons. The fraction of sp³-hybridized carbons (Fsp3) is 0.433. The number of aryl methyl sites for hydroxylation is 1. The quantitative estimate of drug-likeness (QED) is 0.244. The summed E-state index contributed by atoms with van der Waals surface area (Å²) in [7, 11) is 0. The van der Waals surface area contributed by atoms with Crippen molar-refractivity contribution in [3.05, 3.63) is 59.3 Å². The number of nitrogens with one attached hydrogen (secondary N) is 1. The third kappa shape index (κ3) is 5.23. The van der Waals surface area contributed by atoms with Gasteiger partial charge in [0.05, 0.1) is 11.2 Å². The molecule has 6 nitrogen and oxygen atoms in total. The lowest BCUT2D eigenvalue weighted by molar-refractivity contribution is -0.116. The third-order valence-corrected chi connectivity index (χ3v) is 7.02. The number of rotatable bonds is 11. The van der Waals surface area contributed by atoms with Crippen LogP contribution in [0.2, 0.25) is 0 Å². The van der Waals surface area contributed by atoms with Crippen molar-refractivity contribution in [1.29, 1.82) is 0 Å². The number of carbonyl (C=O) groups excluding carboxylic acids is 3. The van der Waals surface area contributed by atoms with Crippen molar-refractivity contribution in [2.45, 2.75) is 66.2 Å². The van der Waals surface area contributed by atoms with Crippen molar-refractivity contribution in [3.8, 4) is 0 Å². The molecule has 1 N–H and O–H groups in total. The van der Waals surface area contributed by atoms with E-state index in [1.807, 2.05) is 49.4 Å². The monoisotopic (exact) mass is 487 g/mol. The van der Waals surface area contributed by atoms with Crippen LogP contribution >= 0.6 is 0 Å². The van der Waals surface area contributed by atoms with Crippen LogP contribution in [0, 0.1) is 12.8 Å². The Hall–Kier alpha value is -3.41. The molecule has 6 heteroatoms. The highest BCUT2D eigenvalue weighted by Crippen LogP contribution is 2.38. The average molecular weight is 488 g/mol. The Balaban J connectivity index is 1.83. The van der Waals surface area contributed by atoms with Crippen molar-refractivity contribution in [1.82, 2.24) is 4.57 Å². The molecule has 4 rings (SSSR count). The van der Waals surface area contributed by atoms with Gasteiger partial charge in [-0.15, -0.1) is 0 Å². The molecule has 0 spiro atoms. The first-order valence-electron chi connectivity index (χ1n) is 13.3. The Bertz CT molecular complexity index is 1260. The van der Waals surface area contributed by atoms with Gasteiger partial charge in [-0.2, -0.15) is 0 Å². The highest BCUT2D eigenvalue weighted by molar-refractivity contribution is 6.21. The van der Waals surface area contributed by atoms with E-state index in [0.717, 1.165) is 61.8 Å². The lowest BCUT2D eigenvalue weighted by Gasteiger charge is -2.21. The predicted molar refractivity (Wildman–Crippen MR) is 146 cm³/mol. The molecule has 0 unspecified atom stereocenters. The zero-order valence-corrected chi connectivity index (χ0v) is 21.9. The van der Waals surface area contributed by atoms with Crippen LogP contribution in [0.4, 0.5) is 11.4 Å². The van der Waals surface area contributed by atoms with Gasteiger partial charge >= 0.3 is 0 Å². The van der Waals surface area contributed by atoms with Crippen LogP contribution in [0.15, 0.2) is 42.5 Å². The van der Waals surface area contributed by atoms with Crippen molar-refractivity contribution in [3.63, 3.8) is 0 Å². The van der Waals surface area contributed by atoms with Crippen molar-refractivity contribution in [2.24, 2.45) is 5.92 Å². The number of anilines is 2. The molecule has 0 radical (unpaired) electrons. The summed E-state index contributed by atoms with van der Waals surface area (Å²) in [5.74, 6) is -0.535. The van der Waals surface area contributed by atoms with Gasteiger partial charge in [0.1, 0.15) is 5.69 Å². The standard InChI is InChI=1S/C30H37N3O3/c1-5-8-9-10-26(34)31-27-24-18-11-20(4)19-25(24)33(30(36)22-12-13-22)28(27)29(35)21-14-16-23(17-15-21)32(6-2)7-3/h11,14-19,22H,5-10,12-13H2,1-4H3,(H,31,34). The average Bonchev–Trinajstić information content (AvgIpc) is 3.68. The molecule has 0 atom stereocenters. The summed E-state index contributed by atoms with van der Waals surface area (Å²) in [4.78, 5) is 42.6. The fourth-order valence-corrected chi connectivity index (χ4v) is 4.77. The first-order chi connectivity index (χ1) is 17.4. The Labute approximate surface area is 213 Å². The highest BCUT2D eigenvalue weighted by atomic mass is 16.2. The molecule has 3 aromatic rings. The van der Waals surface area contributed by atoms with E-state index in [1.54, 1.807) is 4.57 Å². The van der Waals surface area contributed by atoms with Crippen LogP contribution < -0.4 is 10.2 Å². The van der Waals surface area contributed by atoms with E-state index in [9.17, 15) is 14.4 Å². The van der Waals surface area contributed by atoms with Gasteiger partial charge in [-0.3, -0.25) is 19.0 Å². The van der Waals surface area contributed by atoms with Gasteiger partial charge in [0, 0.05) is 42.1 Å². The zero-order chi connectivity index (χ0) is 25.8. The molecular formula is C30H37N3O3. The summed E-state index contributed by atoms with van der Waals surface area (Å²) in [6.45, 7) is 10.0. The van der Waals surface area contributed by atoms with Gasteiger partial charge in [-0.25, -0.2) is 0 Å². The van der Waals surface area contributed by atoms with Gasteiger partial charge in [0.15, 0.2) is 0 Å². The van der Waals surface area contributed by atoms with Crippen LogP contribution in [0.1, 0.15) is 85.7 Å². The van der Waals surface area contributed by atoms with E-state index in [0.29, 0.717) is 23.2 Å². The third-order valence-electron chi connectivity index (χ3n) is 7.02. The molecule has 2 aromatic carbocycles. The van der Waals surface area contributed by atoms with E-state index in [2.05, 4.69) is 31.0 Å². The van der Waals surface area contributed by atoms with E-state index in [-0.39, 0.29) is 29.2 Å². The summed E-state index contributed by atoms with van der Waals surface area (Å²) in [5.41, 5.74) is 3.92. The Kier molecular flexibility index (Phi) is 7.92. The molecule has 36 heavy (non-hydrogen) atoms. The first-order valence-corrected chi connectivity index (χ1v) is 13.3. The lowest BCUT2D eigenvalue weighted by atomic mass is 10.0. The smallest absolute Gasteiger partial charge is 0.234 e. The number of ketones is 1. The first kappa shape index (κ1) is 25.7. The molecule has 0 saturated heterocycles. The van der Waals surface area contributed by atoms with Gasteiger partial charge in [0.2, 0.25) is 17.6 Å². The fourth-order valence-electron chi connectivity index (χ4n) is 4.77. The van der Waals surface area contributed by atoms with Crippen LogP contribution in [0.25, 0.3) is 10.9 Å². The molecule has 0 bridgehead atoms. The summed E-state index contributed by atoms with van der Waals surface area (Å²) in [6, 6.07) is 13.3. The van der Waals surface area contributed by atoms with Crippen LogP contribution in [0.3, 0.4) is 0 Å². The summed E-state index contributed by atoms with van der Waals surface area (Å²) >= 11 is 0. The number of fused-ring (bicyclic) bond motifs is 1. The van der Waals surface area contributed by atoms with E-state index in [1.165, 1.54) is 0 Å². The van der Waals surface area contributed by atoms with Crippen molar-refractivity contribution >= 4 is 39.9 Å². The summed E-state index contributed by atoms with van der Waals surface area (Å²) in [5, 5.41) is 3.75. The molecule has 1 saturated carbocycles. The number of aromatic nitrogens is 1. The molecule has 1 aliphatic carbocycles. The van der Waals surface area contributed by atoms with Crippen LogP contribution in [-0.4, -0.2) is 35.3 Å². The van der Waals surface area contributed by atoms with Gasteiger partial charge in [-0.05, 0) is 75.9 Å². The number of hydrogen-bond acceptors (Lipinski definition) is 4. The number of unbranched alkanes of at least 4 members (excludes halogenated alkanes) is 2. The Morgan fingerprint density at radius 1 is 0.972 bits per heavy atom. The SMILES string of the molecule is CCCCCC(=O)Nc1c(C(=O)c2ccc(N(CC)CC)cc2)n(C(=O)C2CC2)c2cc(C)ccc12. The van der Waals surface area contributed by atoms with Gasteiger partial charge in [0.25, 0.3) is 0 Å². The maximum absolute atomic E-state index is 14.0. The second-order valence-corrected chi connectivity index (χ2v) is 9.75. The molecular weight excluding hydrogens is 450 g/mol. The normalized spacial score (nSPS) is 13.1. The predicted octanol–water partition coefficient (Wildman–Crippen LogP) is 6.60. The summed E-state index contributed by atoms with van der Waals surface area (Å²) < 4.78 is 1.57. The summed E-state index contributed by atoms with van der Waals surface area (Å²) in [6.07, 6.45) is 4.82. The molecule has 1 amide bonds. The minimum Gasteiger partial charge on any atom is -0.372 e. The molecule has 1 fully saturated rings.